The predicted molar refractivity (Wildman–Crippen MR) is 77.8 cm³/mol. The Morgan fingerprint density at radius 2 is 2.15 bits per heavy atom. The van der Waals surface area contributed by atoms with Crippen LogP contribution in [0.25, 0.3) is 0 Å². The van der Waals surface area contributed by atoms with Crippen molar-refractivity contribution in [2.45, 2.75) is 45.1 Å². The van der Waals surface area contributed by atoms with Gasteiger partial charge >= 0.3 is 0 Å². The van der Waals surface area contributed by atoms with E-state index >= 15 is 0 Å². The summed E-state index contributed by atoms with van der Waals surface area (Å²) in [5.41, 5.74) is 0. The number of hydrogen-bond acceptors (Lipinski definition) is 5. The van der Waals surface area contributed by atoms with Gasteiger partial charge in [0.2, 0.25) is 11.8 Å². The van der Waals surface area contributed by atoms with E-state index in [4.69, 9.17) is 4.52 Å². The third kappa shape index (κ3) is 4.45. The first kappa shape index (κ1) is 16.9. The van der Waals surface area contributed by atoms with Crippen LogP contribution >= 0.6 is 12.4 Å². The van der Waals surface area contributed by atoms with E-state index in [0.717, 1.165) is 18.7 Å². The van der Waals surface area contributed by atoms with Gasteiger partial charge in [0, 0.05) is 18.9 Å². The molecule has 0 bridgehead atoms. The molecule has 7 heteroatoms. The molecule has 1 aliphatic carbocycles. The number of carbonyl (C=O) groups is 1. The standard InChI is InChI=1S/C13H22N4O2.ClH/c1-8(2)11(15-10(18)6-7-14-3)13-16-12(17-19-13)9-4-5-9;/h8-9,11,14H,4-7H2,1-3H3,(H,15,18);1H. The van der Waals surface area contributed by atoms with Gasteiger partial charge in [0.1, 0.15) is 6.04 Å². The number of hydrogen-bond donors (Lipinski definition) is 2. The lowest BCUT2D eigenvalue weighted by atomic mass is 10.0. The second kappa shape index (κ2) is 7.59. The second-order valence-electron chi connectivity index (χ2n) is 5.41. The minimum Gasteiger partial charge on any atom is -0.344 e. The molecule has 0 aliphatic heterocycles. The fourth-order valence-electron chi connectivity index (χ4n) is 1.88. The molecular weight excluding hydrogens is 280 g/mol. The molecule has 1 fully saturated rings. The summed E-state index contributed by atoms with van der Waals surface area (Å²) in [7, 11) is 1.83. The van der Waals surface area contributed by atoms with Crippen LogP contribution in [0.4, 0.5) is 0 Å². The van der Waals surface area contributed by atoms with E-state index in [-0.39, 0.29) is 30.3 Å². The highest BCUT2D eigenvalue weighted by atomic mass is 35.5. The molecule has 2 rings (SSSR count). The summed E-state index contributed by atoms with van der Waals surface area (Å²) in [6.07, 6.45) is 2.73. The van der Waals surface area contributed by atoms with Gasteiger partial charge in [-0.1, -0.05) is 19.0 Å². The van der Waals surface area contributed by atoms with Crippen molar-refractivity contribution in [3.8, 4) is 0 Å². The SMILES string of the molecule is CNCCC(=O)NC(c1nc(C2CC2)no1)C(C)C.Cl. The van der Waals surface area contributed by atoms with Gasteiger partial charge in [0.15, 0.2) is 5.82 Å². The van der Waals surface area contributed by atoms with Crippen LogP contribution in [-0.4, -0.2) is 29.6 Å². The Hall–Kier alpha value is -1.14. The maximum Gasteiger partial charge on any atom is 0.249 e. The van der Waals surface area contributed by atoms with Crippen LogP contribution in [-0.2, 0) is 4.79 Å². The maximum absolute atomic E-state index is 11.8. The summed E-state index contributed by atoms with van der Waals surface area (Å²) in [4.78, 5) is 16.2. The Labute approximate surface area is 125 Å². The molecule has 0 saturated heterocycles. The molecule has 1 aromatic rings. The normalized spacial score (nSPS) is 15.8. The highest BCUT2D eigenvalue weighted by Gasteiger charge is 2.31. The van der Waals surface area contributed by atoms with Gasteiger partial charge < -0.3 is 15.2 Å². The molecule has 20 heavy (non-hydrogen) atoms. The topological polar surface area (TPSA) is 80.0 Å². The molecule has 6 nitrogen and oxygen atoms in total. The molecule has 0 spiro atoms. The fourth-order valence-corrected chi connectivity index (χ4v) is 1.88. The average Bonchev–Trinajstić information content (AvgIpc) is 3.12. The third-order valence-electron chi connectivity index (χ3n) is 3.25. The molecule has 1 heterocycles. The lowest BCUT2D eigenvalue weighted by Crippen LogP contribution is -2.33. The quantitative estimate of drug-likeness (QED) is 0.802. The Kier molecular flexibility index (Phi) is 6.42. The molecule has 1 unspecified atom stereocenters. The van der Waals surface area contributed by atoms with E-state index in [2.05, 4.69) is 20.8 Å². The summed E-state index contributed by atoms with van der Waals surface area (Å²) in [6, 6.07) is -0.204. The predicted octanol–water partition coefficient (Wildman–Crippen LogP) is 1.79. The van der Waals surface area contributed by atoms with E-state index in [0.29, 0.717) is 24.8 Å². The molecule has 0 radical (unpaired) electrons. The van der Waals surface area contributed by atoms with Crippen LogP contribution in [0.15, 0.2) is 4.52 Å². The van der Waals surface area contributed by atoms with Gasteiger partial charge in [0.05, 0.1) is 0 Å². The first-order valence-corrected chi connectivity index (χ1v) is 6.89. The molecule has 1 aromatic heterocycles. The number of rotatable bonds is 7. The van der Waals surface area contributed by atoms with Crippen molar-refractivity contribution in [1.29, 1.82) is 0 Å². The minimum atomic E-state index is -0.204. The second-order valence-corrected chi connectivity index (χ2v) is 5.41. The Morgan fingerprint density at radius 1 is 1.45 bits per heavy atom. The number of amides is 1. The summed E-state index contributed by atoms with van der Waals surface area (Å²) in [5.74, 6) is 1.98. The van der Waals surface area contributed by atoms with Crippen LogP contribution in [0.1, 0.15) is 56.8 Å². The van der Waals surface area contributed by atoms with Gasteiger partial charge in [-0.25, -0.2) is 0 Å². The summed E-state index contributed by atoms with van der Waals surface area (Å²) in [6.45, 7) is 4.72. The van der Waals surface area contributed by atoms with Crippen molar-refractivity contribution >= 4 is 18.3 Å². The Bertz CT molecular complexity index is 432. The van der Waals surface area contributed by atoms with Gasteiger partial charge in [-0.05, 0) is 25.8 Å². The smallest absolute Gasteiger partial charge is 0.249 e. The Morgan fingerprint density at radius 3 is 2.70 bits per heavy atom. The van der Waals surface area contributed by atoms with E-state index in [9.17, 15) is 4.79 Å². The first-order chi connectivity index (χ1) is 9.11. The third-order valence-corrected chi connectivity index (χ3v) is 3.25. The number of halogens is 1. The molecular formula is C13H23ClN4O2. The fraction of sp³-hybridized carbons (Fsp3) is 0.769. The largest absolute Gasteiger partial charge is 0.344 e. The van der Waals surface area contributed by atoms with Crippen molar-refractivity contribution in [2.24, 2.45) is 5.92 Å². The lowest BCUT2D eigenvalue weighted by Gasteiger charge is -2.18. The van der Waals surface area contributed by atoms with Gasteiger partial charge in [-0.2, -0.15) is 4.98 Å². The number of nitrogens with one attached hydrogen (secondary N) is 2. The maximum atomic E-state index is 11.8. The molecule has 0 aromatic carbocycles. The van der Waals surface area contributed by atoms with E-state index in [1.54, 1.807) is 0 Å². The molecule has 1 saturated carbocycles. The van der Waals surface area contributed by atoms with Crippen molar-refractivity contribution < 1.29 is 9.32 Å². The number of aromatic nitrogens is 2. The first-order valence-electron chi connectivity index (χ1n) is 6.89. The molecule has 2 N–H and O–H groups in total. The zero-order valence-electron chi connectivity index (χ0n) is 12.2. The van der Waals surface area contributed by atoms with E-state index < -0.39 is 0 Å². The van der Waals surface area contributed by atoms with Crippen LogP contribution in [0.3, 0.4) is 0 Å². The lowest BCUT2D eigenvalue weighted by molar-refractivity contribution is -0.122. The molecule has 114 valence electrons. The summed E-state index contributed by atoms with van der Waals surface area (Å²) >= 11 is 0. The van der Waals surface area contributed by atoms with E-state index in [1.807, 2.05) is 20.9 Å². The van der Waals surface area contributed by atoms with E-state index in [1.165, 1.54) is 0 Å². The van der Waals surface area contributed by atoms with Crippen LogP contribution in [0, 0.1) is 5.92 Å². The highest BCUT2D eigenvalue weighted by molar-refractivity contribution is 5.85. The van der Waals surface area contributed by atoms with Crippen LogP contribution < -0.4 is 10.6 Å². The monoisotopic (exact) mass is 302 g/mol. The molecule has 1 aliphatic rings. The van der Waals surface area contributed by atoms with Crippen LogP contribution in [0.5, 0.6) is 0 Å². The summed E-state index contributed by atoms with van der Waals surface area (Å²) in [5, 5.41) is 9.92. The van der Waals surface area contributed by atoms with Gasteiger partial charge in [-0.3, -0.25) is 4.79 Å². The van der Waals surface area contributed by atoms with Crippen molar-refractivity contribution in [3.63, 3.8) is 0 Å². The van der Waals surface area contributed by atoms with Gasteiger partial charge in [0.25, 0.3) is 0 Å². The zero-order valence-corrected chi connectivity index (χ0v) is 13.0. The van der Waals surface area contributed by atoms with Crippen molar-refractivity contribution in [3.05, 3.63) is 11.7 Å². The molecule has 1 atom stereocenters. The van der Waals surface area contributed by atoms with Crippen molar-refractivity contribution in [2.75, 3.05) is 13.6 Å². The van der Waals surface area contributed by atoms with Crippen molar-refractivity contribution in [1.82, 2.24) is 20.8 Å². The average molecular weight is 303 g/mol. The molecule has 1 amide bonds. The minimum absolute atomic E-state index is 0. The number of carbonyl (C=O) groups excluding carboxylic acids is 1. The van der Waals surface area contributed by atoms with Gasteiger partial charge in [-0.15, -0.1) is 12.4 Å². The highest BCUT2D eigenvalue weighted by Crippen LogP contribution is 2.38. The zero-order chi connectivity index (χ0) is 13.8. The summed E-state index contributed by atoms with van der Waals surface area (Å²) < 4.78 is 5.30. The Balaban J connectivity index is 0.00000200. The number of nitrogens with zero attached hydrogens (tertiary/aromatic N) is 2. The van der Waals surface area contributed by atoms with Crippen LogP contribution in [0.2, 0.25) is 0 Å².